The highest BCUT2D eigenvalue weighted by Gasteiger charge is 2.31. The lowest BCUT2D eigenvalue weighted by Crippen LogP contribution is -2.43. The van der Waals surface area contributed by atoms with Gasteiger partial charge in [0.05, 0.1) is 12.3 Å². The second-order valence-electron chi connectivity index (χ2n) is 5.33. The molecular weight excluding hydrogens is 268 g/mol. The van der Waals surface area contributed by atoms with Crippen LogP contribution in [0.1, 0.15) is 18.5 Å². The van der Waals surface area contributed by atoms with Gasteiger partial charge in [0.1, 0.15) is 5.65 Å². The molecule has 2 aromatic rings. The van der Waals surface area contributed by atoms with Crippen LogP contribution in [0.5, 0.6) is 0 Å². The van der Waals surface area contributed by atoms with Gasteiger partial charge in [0.25, 0.3) is 0 Å². The third kappa shape index (κ3) is 3.33. The van der Waals surface area contributed by atoms with Crippen LogP contribution < -0.4 is 5.32 Å². The first-order valence-corrected chi connectivity index (χ1v) is 7.36. The number of imidazole rings is 1. The minimum absolute atomic E-state index is 0.0103. The molecule has 0 unspecified atom stereocenters. The van der Waals surface area contributed by atoms with Crippen LogP contribution in [0, 0.1) is 0 Å². The zero-order chi connectivity index (χ0) is 14.7. The molecule has 1 fully saturated rings. The van der Waals surface area contributed by atoms with E-state index in [0.29, 0.717) is 25.6 Å². The molecule has 0 atom stereocenters. The summed E-state index contributed by atoms with van der Waals surface area (Å²) in [6, 6.07) is 6.10. The fraction of sp³-hybridized carbons (Fsp3) is 0.467. The first-order valence-electron chi connectivity index (χ1n) is 7.36. The second kappa shape index (κ2) is 6.13. The van der Waals surface area contributed by atoms with Crippen LogP contribution in [0.3, 0.4) is 0 Å². The summed E-state index contributed by atoms with van der Waals surface area (Å²) in [6.07, 6.45) is 6.72. The van der Waals surface area contributed by atoms with Gasteiger partial charge in [0.2, 0.25) is 0 Å². The minimum Gasteiger partial charge on any atom is -0.395 e. The van der Waals surface area contributed by atoms with Crippen LogP contribution in [0.15, 0.2) is 30.6 Å². The fourth-order valence-corrected chi connectivity index (χ4v) is 2.45. The number of hydrogen-bond donors (Lipinski definition) is 2. The molecule has 0 aliphatic heterocycles. The third-order valence-electron chi connectivity index (χ3n) is 3.66. The summed E-state index contributed by atoms with van der Waals surface area (Å²) in [5.74, 6) is 0. The van der Waals surface area contributed by atoms with E-state index in [1.165, 1.54) is 0 Å². The van der Waals surface area contributed by atoms with Gasteiger partial charge in [-0.15, -0.1) is 0 Å². The number of carbonyl (C=O) groups is 1. The molecule has 2 N–H and O–H groups in total. The number of amides is 2. The minimum atomic E-state index is -0.0877. The Morgan fingerprint density at radius 2 is 2.33 bits per heavy atom. The maximum atomic E-state index is 12.1. The number of nitrogens with one attached hydrogen (secondary N) is 1. The van der Waals surface area contributed by atoms with Gasteiger partial charge in [0, 0.05) is 37.9 Å². The largest absolute Gasteiger partial charge is 0.395 e. The second-order valence-corrected chi connectivity index (χ2v) is 5.33. The van der Waals surface area contributed by atoms with E-state index >= 15 is 0 Å². The lowest BCUT2D eigenvalue weighted by molar-refractivity contribution is 0.174. The number of fused-ring (bicyclic) bond motifs is 1. The fourth-order valence-electron chi connectivity index (χ4n) is 2.45. The average Bonchev–Trinajstić information content (AvgIpc) is 3.23. The van der Waals surface area contributed by atoms with E-state index in [9.17, 15) is 4.79 Å². The van der Waals surface area contributed by atoms with Crippen LogP contribution >= 0.6 is 0 Å². The summed E-state index contributed by atoms with van der Waals surface area (Å²) in [5.41, 5.74) is 1.88. The normalized spacial score (nSPS) is 14.3. The highest BCUT2D eigenvalue weighted by molar-refractivity contribution is 5.74. The Labute approximate surface area is 123 Å². The van der Waals surface area contributed by atoms with Gasteiger partial charge in [-0.05, 0) is 25.0 Å². The Balaban J connectivity index is 1.51. The van der Waals surface area contributed by atoms with Crippen LogP contribution in [0.25, 0.3) is 5.65 Å². The van der Waals surface area contributed by atoms with E-state index in [1.54, 1.807) is 4.90 Å². The molecule has 6 heteroatoms. The molecule has 112 valence electrons. The lowest BCUT2D eigenvalue weighted by atomic mass is 10.3. The average molecular weight is 288 g/mol. The summed E-state index contributed by atoms with van der Waals surface area (Å²) < 4.78 is 1.97. The van der Waals surface area contributed by atoms with Crippen molar-refractivity contribution in [2.24, 2.45) is 0 Å². The summed E-state index contributed by atoms with van der Waals surface area (Å²) in [4.78, 5) is 18.3. The van der Waals surface area contributed by atoms with Crippen molar-refractivity contribution in [3.8, 4) is 0 Å². The Morgan fingerprint density at radius 3 is 3.05 bits per heavy atom. The molecule has 6 nitrogen and oxygen atoms in total. The first kappa shape index (κ1) is 13.9. The van der Waals surface area contributed by atoms with Crippen molar-refractivity contribution >= 4 is 11.7 Å². The van der Waals surface area contributed by atoms with Crippen molar-refractivity contribution in [3.05, 3.63) is 36.3 Å². The SMILES string of the molecule is O=C(NCCc1cn2ccccc2n1)N(CCO)C1CC1. The van der Waals surface area contributed by atoms with Gasteiger partial charge in [0.15, 0.2) is 0 Å². The molecule has 0 spiro atoms. The Bertz CT molecular complexity index is 588. The molecule has 1 aliphatic rings. The molecule has 21 heavy (non-hydrogen) atoms. The van der Waals surface area contributed by atoms with Crippen molar-refractivity contribution in [1.82, 2.24) is 19.6 Å². The van der Waals surface area contributed by atoms with E-state index in [-0.39, 0.29) is 12.6 Å². The summed E-state index contributed by atoms with van der Waals surface area (Å²) in [7, 11) is 0. The Kier molecular flexibility index (Phi) is 4.06. The molecule has 2 aromatic heterocycles. The predicted molar refractivity (Wildman–Crippen MR) is 79.1 cm³/mol. The first-order chi connectivity index (χ1) is 10.3. The van der Waals surface area contributed by atoms with Gasteiger partial charge < -0.3 is 19.7 Å². The van der Waals surface area contributed by atoms with Crippen molar-refractivity contribution in [3.63, 3.8) is 0 Å². The lowest BCUT2D eigenvalue weighted by Gasteiger charge is -2.21. The number of aliphatic hydroxyl groups excluding tert-OH is 1. The number of hydrogen-bond acceptors (Lipinski definition) is 3. The molecule has 0 saturated heterocycles. The molecule has 0 radical (unpaired) electrons. The van der Waals surface area contributed by atoms with E-state index < -0.39 is 0 Å². The molecule has 0 bridgehead atoms. The number of rotatable bonds is 6. The van der Waals surface area contributed by atoms with Crippen molar-refractivity contribution in [1.29, 1.82) is 0 Å². The number of urea groups is 1. The van der Waals surface area contributed by atoms with Crippen LogP contribution in [0.4, 0.5) is 4.79 Å². The topological polar surface area (TPSA) is 69.9 Å². The standard InChI is InChI=1S/C15H20N4O2/c20-10-9-19(13-4-5-13)15(21)16-7-6-12-11-18-8-2-1-3-14(18)17-12/h1-3,8,11,13,20H,4-7,9-10H2,(H,16,21). The van der Waals surface area contributed by atoms with Gasteiger partial charge >= 0.3 is 6.03 Å². The third-order valence-corrected chi connectivity index (χ3v) is 3.66. The smallest absolute Gasteiger partial charge is 0.317 e. The maximum absolute atomic E-state index is 12.1. The van der Waals surface area contributed by atoms with Gasteiger partial charge in [-0.2, -0.15) is 0 Å². The van der Waals surface area contributed by atoms with E-state index in [1.807, 2.05) is 35.0 Å². The quantitative estimate of drug-likeness (QED) is 0.834. The summed E-state index contributed by atoms with van der Waals surface area (Å²) in [6.45, 7) is 0.971. The number of nitrogens with zero attached hydrogens (tertiary/aromatic N) is 3. The molecule has 2 amide bonds. The van der Waals surface area contributed by atoms with E-state index in [0.717, 1.165) is 24.2 Å². The monoisotopic (exact) mass is 288 g/mol. The van der Waals surface area contributed by atoms with Gasteiger partial charge in [-0.25, -0.2) is 9.78 Å². The highest BCUT2D eigenvalue weighted by Crippen LogP contribution is 2.26. The molecule has 3 rings (SSSR count). The number of aliphatic hydroxyl groups is 1. The van der Waals surface area contributed by atoms with Crippen LogP contribution in [-0.4, -0.2) is 51.2 Å². The van der Waals surface area contributed by atoms with Crippen molar-refractivity contribution in [2.45, 2.75) is 25.3 Å². The number of carbonyl (C=O) groups excluding carboxylic acids is 1. The van der Waals surface area contributed by atoms with Crippen LogP contribution in [-0.2, 0) is 6.42 Å². The Hall–Kier alpha value is -2.08. The van der Waals surface area contributed by atoms with Crippen LogP contribution in [0.2, 0.25) is 0 Å². The maximum Gasteiger partial charge on any atom is 0.317 e. The predicted octanol–water partition coefficient (Wildman–Crippen LogP) is 1.04. The van der Waals surface area contributed by atoms with E-state index in [2.05, 4.69) is 10.3 Å². The molecule has 1 saturated carbocycles. The van der Waals surface area contributed by atoms with Crippen molar-refractivity contribution < 1.29 is 9.90 Å². The number of pyridine rings is 1. The molecule has 2 heterocycles. The van der Waals surface area contributed by atoms with E-state index in [4.69, 9.17) is 5.11 Å². The van der Waals surface area contributed by atoms with Gasteiger partial charge in [-0.1, -0.05) is 6.07 Å². The zero-order valence-corrected chi connectivity index (χ0v) is 11.9. The Morgan fingerprint density at radius 1 is 1.48 bits per heavy atom. The van der Waals surface area contributed by atoms with Crippen molar-refractivity contribution in [2.75, 3.05) is 19.7 Å². The van der Waals surface area contributed by atoms with Gasteiger partial charge in [-0.3, -0.25) is 0 Å². The zero-order valence-electron chi connectivity index (χ0n) is 11.9. The molecule has 1 aliphatic carbocycles. The molecular formula is C15H20N4O2. The number of aromatic nitrogens is 2. The summed E-state index contributed by atoms with van der Waals surface area (Å²) >= 11 is 0. The highest BCUT2D eigenvalue weighted by atomic mass is 16.3. The summed E-state index contributed by atoms with van der Waals surface area (Å²) in [5, 5.41) is 11.9. The molecule has 0 aromatic carbocycles.